The van der Waals surface area contributed by atoms with E-state index in [-0.39, 0.29) is 0 Å². The summed E-state index contributed by atoms with van der Waals surface area (Å²) in [6.07, 6.45) is 11.5. The molecular weight excluding hydrogens is 286 g/mol. The van der Waals surface area contributed by atoms with Gasteiger partial charge in [0.15, 0.2) is 0 Å². The van der Waals surface area contributed by atoms with Crippen LogP contribution in [0.15, 0.2) is 36.2 Å². The molecule has 2 aliphatic rings. The van der Waals surface area contributed by atoms with E-state index in [9.17, 15) is 4.79 Å². The van der Waals surface area contributed by atoms with Gasteiger partial charge in [-0.3, -0.25) is 14.7 Å². The fourth-order valence-corrected chi connectivity index (χ4v) is 3.56. The second kappa shape index (κ2) is 7.73. The first kappa shape index (κ1) is 16.2. The van der Waals surface area contributed by atoms with Gasteiger partial charge in [0.25, 0.3) is 0 Å². The molecule has 1 aliphatic carbocycles. The molecule has 0 aromatic carbocycles. The molecule has 0 radical (unpaired) electrons. The van der Waals surface area contributed by atoms with Crippen LogP contribution in [0.2, 0.25) is 0 Å². The Morgan fingerprint density at radius 2 is 2.09 bits per heavy atom. The van der Waals surface area contributed by atoms with Crippen molar-refractivity contribution in [3.8, 4) is 0 Å². The lowest BCUT2D eigenvalue weighted by Gasteiger charge is -2.38. The van der Waals surface area contributed by atoms with Crippen molar-refractivity contribution in [2.24, 2.45) is 0 Å². The summed E-state index contributed by atoms with van der Waals surface area (Å²) in [5.74, 6) is 0.312. The molecule has 0 spiro atoms. The smallest absolute Gasteiger partial charge is 0.226 e. The van der Waals surface area contributed by atoms with Crippen molar-refractivity contribution >= 4 is 5.91 Å². The molecule has 4 heteroatoms. The number of pyridine rings is 1. The third kappa shape index (κ3) is 4.20. The normalized spacial score (nSPS) is 20.9. The maximum Gasteiger partial charge on any atom is 0.226 e. The van der Waals surface area contributed by atoms with Gasteiger partial charge in [0.1, 0.15) is 0 Å². The Balaban J connectivity index is 1.50. The highest BCUT2D eigenvalue weighted by molar-refractivity contribution is 5.78. The van der Waals surface area contributed by atoms with Gasteiger partial charge >= 0.3 is 0 Å². The maximum absolute atomic E-state index is 12.5. The number of carbonyl (C=O) groups excluding carboxylic acids is 1. The van der Waals surface area contributed by atoms with E-state index in [1.54, 1.807) is 0 Å². The molecule has 1 saturated heterocycles. The van der Waals surface area contributed by atoms with E-state index in [1.165, 1.54) is 24.0 Å². The van der Waals surface area contributed by atoms with E-state index in [2.05, 4.69) is 29.0 Å². The van der Waals surface area contributed by atoms with E-state index >= 15 is 0 Å². The van der Waals surface area contributed by atoms with Crippen molar-refractivity contribution in [1.29, 1.82) is 0 Å². The van der Waals surface area contributed by atoms with Crippen molar-refractivity contribution in [1.82, 2.24) is 14.8 Å². The number of carbonyl (C=O) groups is 1. The van der Waals surface area contributed by atoms with Crippen molar-refractivity contribution in [3.63, 3.8) is 0 Å². The van der Waals surface area contributed by atoms with E-state index in [0.717, 1.165) is 39.0 Å². The Bertz CT molecular complexity index is 547. The summed E-state index contributed by atoms with van der Waals surface area (Å²) in [5.41, 5.74) is 2.60. The van der Waals surface area contributed by atoms with Crippen LogP contribution in [-0.4, -0.2) is 46.9 Å². The zero-order valence-corrected chi connectivity index (χ0v) is 14.1. The Labute approximate surface area is 139 Å². The molecule has 1 aromatic rings. The number of hydrogen-bond donors (Lipinski definition) is 0. The molecule has 124 valence electrons. The fraction of sp³-hybridized carbons (Fsp3) is 0.579. The van der Waals surface area contributed by atoms with Crippen LogP contribution < -0.4 is 0 Å². The van der Waals surface area contributed by atoms with Crippen LogP contribution in [0.3, 0.4) is 0 Å². The summed E-state index contributed by atoms with van der Waals surface area (Å²) in [5, 5.41) is 0. The van der Waals surface area contributed by atoms with Crippen LogP contribution >= 0.6 is 0 Å². The third-order valence-corrected chi connectivity index (χ3v) is 5.14. The minimum absolute atomic E-state index is 0.312. The van der Waals surface area contributed by atoms with E-state index < -0.39 is 0 Å². The maximum atomic E-state index is 12.5. The highest BCUT2D eigenvalue weighted by Gasteiger charge is 2.25. The van der Waals surface area contributed by atoms with Crippen molar-refractivity contribution in [2.75, 3.05) is 26.2 Å². The molecule has 1 aromatic heterocycles. The van der Waals surface area contributed by atoms with Gasteiger partial charge in [0.2, 0.25) is 5.91 Å². The molecule has 1 atom stereocenters. The summed E-state index contributed by atoms with van der Waals surface area (Å²) >= 11 is 0. The molecule has 1 unspecified atom stereocenters. The van der Waals surface area contributed by atoms with Gasteiger partial charge in [-0.1, -0.05) is 17.7 Å². The second-order valence-electron chi connectivity index (χ2n) is 6.66. The van der Waals surface area contributed by atoms with Crippen LogP contribution in [0, 0.1) is 0 Å². The van der Waals surface area contributed by atoms with Crippen molar-refractivity contribution in [2.45, 2.75) is 45.1 Å². The Kier molecular flexibility index (Phi) is 5.44. The van der Waals surface area contributed by atoms with Gasteiger partial charge in [-0.15, -0.1) is 0 Å². The molecule has 0 saturated carbocycles. The average Bonchev–Trinajstić information content (AvgIpc) is 2.63. The van der Waals surface area contributed by atoms with Gasteiger partial charge in [-0.05, 0) is 44.2 Å². The van der Waals surface area contributed by atoms with Crippen LogP contribution in [-0.2, 0) is 4.79 Å². The minimum Gasteiger partial charge on any atom is -0.340 e. The SMILES string of the molecule is CC(c1cccnc1)N1CCN(C(=O)CC2=CCCCC2)CC1. The molecule has 1 aliphatic heterocycles. The Morgan fingerprint density at radius 1 is 1.26 bits per heavy atom. The first-order valence-electron chi connectivity index (χ1n) is 8.83. The van der Waals surface area contributed by atoms with E-state index in [4.69, 9.17) is 0 Å². The van der Waals surface area contributed by atoms with Gasteiger partial charge in [0, 0.05) is 51.0 Å². The predicted octanol–water partition coefficient (Wildman–Crippen LogP) is 3.18. The van der Waals surface area contributed by atoms with Crippen LogP contribution in [0.4, 0.5) is 0 Å². The highest BCUT2D eigenvalue weighted by Crippen LogP contribution is 2.23. The molecule has 1 fully saturated rings. The van der Waals surface area contributed by atoms with Crippen LogP contribution in [0.1, 0.15) is 50.6 Å². The Morgan fingerprint density at radius 3 is 2.74 bits per heavy atom. The van der Waals surface area contributed by atoms with E-state index in [1.807, 2.05) is 23.4 Å². The van der Waals surface area contributed by atoms with Gasteiger partial charge in [0.05, 0.1) is 0 Å². The molecule has 23 heavy (non-hydrogen) atoms. The molecule has 1 amide bonds. The predicted molar refractivity (Wildman–Crippen MR) is 92.0 cm³/mol. The number of aromatic nitrogens is 1. The molecule has 0 N–H and O–H groups in total. The van der Waals surface area contributed by atoms with Crippen LogP contribution in [0.5, 0.6) is 0 Å². The summed E-state index contributed by atoms with van der Waals surface area (Å²) in [4.78, 5) is 21.2. The summed E-state index contributed by atoms with van der Waals surface area (Å²) in [6.45, 7) is 5.80. The lowest BCUT2D eigenvalue weighted by molar-refractivity contribution is -0.132. The molecular formula is C19H27N3O. The molecule has 0 bridgehead atoms. The zero-order valence-electron chi connectivity index (χ0n) is 14.1. The quantitative estimate of drug-likeness (QED) is 0.801. The van der Waals surface area contributed by atoms with Crippen molar-refractivity contribution in [3.05, 3.63) is 41.7 Å². The minimum atomic E-state index is 0.312. The largest absolute Gasteiger partial charge is 0.340 e. The lowest BCUT2D eigenvalue weighted by Crippen LogP contribution is -2.49. The standard InChI is InChI=1S/C19H27N3O/c1-16(18-8-5-9-20-15-18)21-10-12-22(13-11-21)19(23)14-17-6-3-2-4-7-17/h5-6,8-9,15-16H,2-4,7,10-14H2,1H3. The lowest BCUT2D eigenvalue weighted by atomic mass is 9.96. The zero-order chi connectivity index (χ0) is 16.1. The van der Waals surface area contributed by atoms with Gasteiger partial charge in [-0.25, -0.2) is 0 Å². The number of allylic oxidation sites excluding steroid dienone is 1. The number of amides is 1. The number of rotatable bonds is 4. The highest BCUT2D eigenvalue weighted by atomic mass is 16.2. The molecule has 3 rings (SSSR count). The molecule has 2 heterocycles. The summed E-state index contributed by atoms with van der Waals surface area (Å²) < 4.78 is 0. The van der Waals surface area contributed by atoms with Gasteiger partial charge in [-0.2, -0.15) is 0 Å². The summed E-state index contributed by atoms with van der Waals surface area (Å²) in [7, 11) is 0. The first-order valence-corrected chi connectivity index (χ1v) is 8.83. The summed E-state index contributed by atoms with van der Waals surface area (Å²) in [6, 6.07) is 4.48. The number of nitrogens with zero attached hydrogens (tertiary/aromatic N) is 3. The van der Waals surface area contributed by atoms with Crippen LogP contribution in [0.25, 0.3) is 0 Å². The second-order valence-corrected chi connectivity index (χ2v) is 6.66. The molecule has 4 nitrogen and oxygen atoms in total. The monoisotopic (exact) mass is 313 g/mol. The fourth-order valence-electron chi connectivity index (χ4n) is 3.56. The van der Waals surface area contributed by atoms with Crippen molar-refractivity contribution < 1.29 is 4.79 Å². The van der Waals surface area contributed by atoms with E-state index in [0.29, 0.717) is 18.4 Å². The number of hydrogen-bond acceptors (Lipinski definition) is 3. The topological polar surface area (TPSA) is 36.4 Å². The first-order chi connectivity index (χ1) is 11.2. The van der Waals surface area contributed by atoms with Gasteiger partial charge < -0.3 is 4.90 Å². The number of piperazine rings is 1. The average molecular weight is 313 g/mol. The third-order valence-electron chi connectivity index (χ3n) is 5.14. The Hall–Kier alpha value is -1.68.